The summed E-state index contributed by atoms with van der Waals surface area (Å²) in [6.45, 7) is 0.378. The summed E-state index contributed by atoms with van der Waals surface area (Å²) in [5.41, 5.74) is 3.38. The van der Waals surface area contributed by atoms with Crippen LogP contribution in [0.5, 0.6) is 0 Å². The van der Waals surface area contributed by atoms with E-state index in [0.29, 0.717) is 24.2 Å². The van der Waals surface area contributed by atoms with Gasteiger partial charge in [-0.15, -0.1) is 0 Å². The van der Waals surface area contributed by atoms with Gasteiger partial charge in [0.2, 0.25) is 5.91 Å². The Morgan fingerprint density at radius 2 is 2.19 bits per heavy atom. The van der Waals surface area contributed by atoms with Crippen LogP contribution in [-0.2, 0) is 11.3 Å². The maximum Gasteiger partial charge on any atom is 0.267 e. The summed E-state index contributed by atoms with van der Waals surface area (Å²) >= 11 is 0. The lowest BCUT2D eigenvalue weighted by molar-refractivity contribution is -0.121. The summed E-state index contributed by atoms with van der Waals surface area (Å²) < 4.78 is 1.21. The fraction of sp³-hybridized carbons (Fsp3) is 0.444. The zero-order valence-electron chi connectivity index (χ0n) is 15.3. The molecule has 3 heterocycles. The predicted octanol–water partition coefficient (Wildman–Crippen LogP) is 0.326. The standard InChI is InChI=1S/C18H23N7O2/c1-23(14-4-2-3-5-14)15-6-7-18(27)25(22-15)11-17(26)21-13-8-9-24-16(10-13)19-12-20-24/h6-10,14,20H,2-5,11-12H2,1H3,(H,21,26). The number of aliphatic imine (C=N–C) groups is 1. The van der Waals surface area contributed by atoms with Crippen molar-refractivity contribution in [3.05, 3.63) is 46.5 Å². The van der Waals surface area contributed by atoms with Crippen molar-refractivity contribution in [3.8, 4) is 0 Å². The van der Waals surface area contributed by atoms with Crippen LogP contribution in [0.2, 0.25) is 0 Å². The molecule has 3 aliphatic rings. The highest BCUT2D eigenvalue weighted by Gasteiger charge is 2.21. The largest absolute Gasteiger partial charge is 0.355 e. The average Bonchev–Trinajstić information content (AvgIpc) is 3.34. The number of hydrazine groups is 1. The van der Waals surface area contributed by atoms with Crippen molar-refractivity contribution >= 4 is 17.6 Å². The summed E-state index contributed by atoms with van der Waals surface area (Å²) in [7, 11) is 1.99. The molecule has 0 atom stereocenters. The maximum absolute atomic E-state index is 12.4. The Hall–Kier alpha value is -2.94. The molecule has 1 fully saturated rings. The van der Waals surface area contributed by atoms with Gasteiger partial charge in [0.15, 0.2) is 0 Å². The summed E-state index contributed by atoms with van der Waals surface area (Å²) in [5, 5.41) is 8.97. The number of anilines is 1. The van der Waals surface area contributed by atoms with E-state index in [-0.39, 0.29) is 18.0 Å². The molecule has 4 rings (SSSR count). The van der Waals surface area contributed by atoms with E-state index in [1.807, 2.05) is 7.05 Å². The number of nitrogens with one attached hydrogen (secondary N) is 2. The summed E-state index contributed by atoms with van der Waals surface area (Å²) in [5.74, 6) is 1.15. The molecule has 0 spiro atoms. The van der Waals surface area contributed by atoms with Crippen LogP contribution < -0.4 is 21.2 Å². The van der Waals surface area contributed by atoms with Crippen molar-refractivity contribution in [2.45, 2.75) is 38.3 Å². The molecule has 2 N–H and O–H groups in total. The Morgan fingerprint density at radius 1 is 1.37 bits per heavy atom. The quantitative estimate of drug-likeness (QED) is 0.777. The molecule has 1 saturated carbocycles. The van der Waals surface area contributed by atoms with E-state index in [4.69, 9.17) is 0 Å². The molecule has 9 heteroatoms. The van der Waals surface area contributed by atoms with E-state index in [1.54, 1.807) is 29.4 Å². The molecule has 0 saturated heterocycles. The van der Waals surface area contributed by atoms with E-state index >= 15 is 0 Å². The Morgan fingerprint density at radius 3 is 3.00 bits per heavy atom. The second-order valence-electron chi connectivity index (χ2n) is 6.90. The second-order valence-corrected chi connectivity index (χ2v) is 6.90. The third-order valence-corrected chi connectivity index (χ3v) is 5.08. The first-order valence-corrected chi connectivity index (χ1v) is 9.18. The number of hydrogen-bond donors (Lipinski definition) is 2. The van der Waals surface area contributed by atoms with Crippen LogP contribution in [0.15, 0.2) is 46.0 Å². The first-order chi connectivity index (χ1) is 13.1. The fourth-order valence-electron chi connectivity index (χ4n) is 3.57. The van der Waals surface area contributed by atoms with Gasteiger partial charge in [0.25, 0.3) is 5.56 Å². The molecule has 0 radical (unpaired) electrons. The van der Waals surface area contributed by atoms with Crippen molar-refractivity contribution in [2.75, 3.05) is 18.6 Å². The van der Waals surface area contributed by atoms with Gasteiger partial charge in [0.05, 0.1) is 0 Å². The van der Waals surface area contributed by atoms with Crippen LogP contribution >= 0.6 is 0 Å². The number of aromatic nitrogens is 2. The lowest BCUT2D eigenvalue weighted by Gasteiger charge is -2.25. The van der Waals surface area contributed by atoms with Gasteiger partial charge in [-0.25, -0.2) is 15.1 Å². The van der Waals surface area contributed by atoms with Crippen molar-refractivity contribution in [3.63, 3.8) is 0 Å². The first kappa shape index (κ1) is 17.5. The molecule has 0 aromatic carbocycles. The molecular formula is C18H23N7O2. The second kappa shape index (κ2) is 7.36. The average molecular weight is 369 g/mol. The molecular weight excluding hydrogens is 346 g/mol. The minimum Gasteiger partial charge on any atom is -0.355 e. The van der Waals surface area contributed by atoms with Gasteiger partial charge >= 0.3 is 0 Å². The van der Waals surface area contributed by atoms with Gasteiger partial charge in [0.1, 0.15) is 24.9 Å². The summed E-state index contributed by atoms with van der Waals surface area (Å²) in [6, 6.07) is 3.64. The van der Waals surface area contributed by atoms with Crippen LogP contribution in [0.4, 0.5) is 5.82 Å². The van der Waals surface area contributed by atoms with Gasteiger partial charge in [-0.2, -0.15) is 5.10 Å². The zero-order valence-corrected chi connectivity index (χ0v) is 15.3. The molecule has 1 aromatic rings. The van der Waals surface area contributed by atoms with Crippen LogP contribution in [-0.4, -0.2) is 46.3 Å². The van der Waals surface area contributed by atoms with Crippen LogP contribution in [0.3, 0.4) is 0 Å². The summed E-state index contributed by atoms with van der Waals surface area (Å²) in [6.07, 6.45) is 10.1. The third kappa shape index (κ3) is 3.77. The van der Waals surface area contributed by atoms with Crippen molar-refractivity contribution in [1.29, 1.82) is 0 Å². The predicted molar refractivity (Wildman–Crippen MR) is 102 cm³/mol. The maximum atomic E-state index is 12.4. The number of amidine groups is 1. The highest BCUT2D eigenvalue weighted by Crippen LogP contribution is 2.25. The molecule has 1 aliphatic carbocycles. The number of hydrogen-bond acceptors (Lipinski definition) is 7. The number of allylic oxidation sites excluding steroid dienone is 1. The molecule has 9 nitrogen and oxygen atoms in total. The van der Waals surface area contributed by atoms with Crippen LogP contribution in [0, 0.1) is 0 Å². The summed E-state index contributed by atoms with van der Waals surface area (Å²) in [4.78, 5) is 30.9. The first-order valence-electron chi connectivity index (χ1n) is 9.18. The molecule has 27 heavy (non-hydrogen) atoms. The topological polar surface area (TPSA) is 94.9 Å². The van der Waals surface area contributed by atoms with Gasteiger partial charge in [-0.1, -0.05) is 12.8 Å². The Bertz CT molecular complexity index is 880. The van der Waals surface area contributed by atoms with E-state index in [2.05, 4.69) is 25.7 Å². The lowest BCUT2D eigenvalue weighted by Crippen LogP contribution is -2.37. The fourth-order valence-corrected chi connectivity index (χ4v) is 3.57. The molecule has 0 unspecified atom stereocenters. The Balaban J connectivity index is 1.44. The van der Waals surface area contributed by atoms with Gasteiger partial charge in [0, 0.05) is 37.1 Å². The normalized spacial score (nSPS) is 18.9. The van der Waals surface area contributed by atoms with Crippen molar-refractivity contribution in [2.24, 2.45) is 4.99 Å². The number of carbonyl (C=O) groups excluding carboxylic acids is 1. The molecule has 0 bridgehead atoms. The third-order valence-electron chi connectivity index (χ3n) is 5.08. The van der Waals surface area contributed by atoms with E-state index in [0.717, 1.165) is 18.7 Å². The van der Waals surface area contributed by atoms with E-state index in [1.165, 1.54) is 23.6 Å². The van der Waals surface area contributed by atoms with Crippen LogP contribution in [0.25, 0.3) is 0 Å². The number of fused-ring (bicyclic) bond motifs is 1. The Labute approximate surface area is 157 Å². The number of rotatable bonds is 5. The molecule has 142 valence electrons. The van der Waals surface area contributed by atoms with E-state index in [9.17, 15) is 9.59 Å². The zero-order chi connectivity index (χ0) is 18.8. The minimum atomic E-state index is -0.304. The monoisotopic (exact) mass is 369 g/mol. The van der Waals surface area contributed by atoms with Gasteiger partial charge in [-0.3, -0.25) is 14.6 Å². The highest BCUT2D eigenvalue weighted by atomic mass is 16.2. The molecule has 1 aromatic heterocycles. The van der Waals surface area contributed by atoms with Crippen molar-refractivity contribution in [1.82, 2.24) is 25.5 Å². The SMILES string of the molecule is CN(c1ccc(=O)n(CC(=O)NC2=CC3=NCNN3C=C2)n1)C1CCCC1. The Kier molecular flexibility index (Phi) is 4.76. The van der Waals surface area contributed by atoms with Gasteiger partial charge in [-0.05, 0) is 25.0 Å². The van der Waals surface area contributed by atoms with Crippen LogP contribution in [0.1, 0.15) is 25.7 Å². The number of amides is 1. The molecule has 2 aliphatic heterocycles. The minimum absolute atomic E-state index is 0.134. The number of nitrogens with zero attached hydrogens (tertiary/aromatic N) is 5. The smallest absolute Gasteiger partial charge is 0.267 e. The lowest BCUT2D eigenvalue weighted by atomic mass is 10.2. The highest BCUT2D eigenvalue weighted by molar-refractivity contribution is 5.97. The molecule has 1 amide bonds. The van der Waals surface area contributed by atoms with Crippen molar-refractivity contribution < 1.29 is 4.79 Å². The van der Waals surface area contributed by atoms with Gasteiger partial charge < -0.3 is 10.2 Å². The van der Waals surface area contributed by atoms with E-state index < -0.39 is 0 Å². The number of carbonyl (C=O) groups is 1.